The summed E-state index contributed by atoms with van der Waals surface area (Å²) in [6.07, 6.45) is 8.61. The van der Waals surface area contributed by atoms with E-state index in [-0.39, 0.29) is 10.8 Å². The third-order valence-electron chi connectivity index (χ3n) is 2.33. The maximum absolute atomic E-state index is 3.87. The molecule has 80 valence electrons. The summed E-state index contributed by atoms with van der Waals surface area (Å²) in [6, 6.07) is 0. The predicted molar refractivity (Wildman–Crippen MR) is 66.3 cm³/mol. The van der Waals surface area contributed by atoms with Gasteiger partial charge in [0.1, 0.15) is 0 Å². The summed E-state index contributed by atoms with van der Waals surface area (Å²) in [5.74, 6) is 0. The molecule has 0 atom stereocenters. The fourth-order valence-electron chi connectivity index (χ4n) is 1.14. The Bertz CT molecular complexity index is 244. The van der Waals surface area contributed by atoms with Gasteiger partial charge >= 0.3 is 0 Å². The summed E-state index contributed by atoms with van der Waals surface area (Å²) in [7, 11) is 0. The summed E-state index contributed by atoms with van der Waals surface area (Å²) in [6.45, 7) is 16.9. The molecule has 0 saturated heterocycles. The van der Waals surface area contributed by atoms with E-state index >= 15 is 0 Å². The fraction of sp³-hybridized carbons (Fsp3) is 0.571. The maximum atomic E-state index is 3.87. The van der Waals surface area contributed by atoms with Gasteiger partial charge in [-0.15, -0.1) is 6.58 Å². The minimum atomic E-state index is 0.0660. The molecule has 0 aromatic heterocycles. The van der Waals surface area contributed by atoms with Crippen LogP contribution in [0.25, 0.3) is 0 Å². The Morgan fingerprint density at radius 1 is 1.07 bits per heavy atom. The Hall–Kier alpha value is -0.780. The van der Waals surface area contributed by atoms with Gasteiger partial charge in [0.15, 0.2) is 0 Å². The van der Waals surface area contributed by atoms with Crippen LogP contribution in [0.3, 0.4) is 0 Å². The molecule has 0 aliphatic heterocycles. The smallest absolute Gasteiger partial charge is 0.00693 e. The fourth-order valence-corrected chi connectivity index (χ4v) is 1.14. The first-order valence-electron chi connectivity index (χ1n) is 5.22. The van der Waals surface area contributed by atoms with E-state index in [9.17, 15) is 0 Å². The van der Waals surface area contributed by atoms with Gasteiger partial charge in [-0.3, -0.25) is 0 Å². The molecule has 0 rings (SSSR count). The lowest BCUT2D eigenvalue weighted by molar-refractivity contribution is 0.538. The van der Waals surface area contributed by atoms with Crippen molar-refractivity contribution in [2.24, 2.45) is 10.8 Å². The van der Waals surface area contributed by atoms with Crippen molar-refractivity contribution in [3.05, 3.63) is 36.5 Å². The van der Waals surface area contributed by atoms with E-state index in [1.54, 1.807) is 0 Å². The molecule has 0 amide bonds. The van der Waals surface area contributed by atoms with Crippen LogP contribution in [0, 0.1) is 10.8 Å². The van der Waals surface area contributed by atoms with E-state index in [0.717, 1.165) is 0 Å². The van der Waals surface area contributed by atoms with Crippen LogP contribution in [-0.4, -0.2) is 0 Å². The lowest BCUT2D eigenvalue weighted by Crippen LogP contribution is -2.10. The lowest BCUT2D eigenvalue weighted by atomic mass is 9.82. The first kappa shape index (κ1) is 13.2. The molecule has 14 heavy (non-hydrogen) atoms. The second kappa shape index (κ2) is 4.63. The zero-order valence-electron chi connectivity index (χ0n) is 10.5. The van der Waals surface area contributed by atoms with Crippen LogP contribution in [0.2, 0.25) is 0 Å². The first-order chi connectivity index (χ1) is 6.23. The normalized spacial score (nSPS) is 14.9. The molecule has 0 unspecified atom stereocenters. The number of hydrogen-bond acceptors (Lipinski definition) is 0. The van der Waals surface area contributed by atoms with Gasteiger partial charge in [-0.05, 0) is 17.9 Å². The molecular weight excluding hydrogens is 168 g/mol. The Morgan fingerprint density at radius 2 is 1.57 bits per heavy atom. The maximum Gasteiger partial charge on any atom is 0.00693 e. The van der Waals surface area contributed by atoms with Crippen molar-refractivity contribution in [3.8, 4) is 0 Å². The topological polar surface area (TPSA) is 0 Å². The summed E-state index contributed by atoms with van der Waals surface area (Å²) < 4.78 is 0. The van der Waals surface area contributed by atoms with Crippen LogP contribution in [0.5, 0.6) is 0 Å². The second-order valence-electron chi connectivity index (χ2n) is 5.37. The van der Waals surface area contributed by atoms with Crippen LogP contribution in [0.1, 0.15) is 41.5 Å². The van der Waals surface area contributed by atoms with E-state index in [0.29, 0.717) is 0 Å². The van der Waals surface area contributed by atoms with Gasteiger partial charge in [0.2, 0.25) is 0 Å². The molecule has 0 aromatic carbocycles. The molecule has 0 nitrogen and oxygen atoms in total. The summed E-state index contributed by atoms with van der Waals surface area (Å²) in [4.78, 5) is 0. The minimum absolute atomic E-state index is 0.0660. The highest BCUT2D eigenvalue weighted by atomic mass is 14.2. The average molecular weight is 192 g/mol. The standard InChI is InChI=1S/C14H24/c1-8-12(14(6,7)9-2)10-11-13(3,4)5/h8-11H,2H2,1,3-7H3/b11-10-,12-8+. The molecule has 0 heteroatoms. The van der Waals surface area contributed by atoms with E-state index in [2.05, 4.69) is 66.3 Å². The van der Waals surface area contributed by atoms with Crippen molar-refractivity contribution < 1.29 is 0 Å². The highest BCUT2D eigenvalue weighted by molar-refractivity contribution is 5.29. The van der Waals surface area contributed by atoms with Gasteiger partial charge < -0.3 is 0 Å². The van der Waals surface area contributed by atoms with Crippen molar-refractivity contribution in [2.75, 3.05) is 0 Å². The molecule has 0 aromatic rings. The molecule has 0 spiro atoms. The molecule has 0 aliphatic rings. The monoisotopic (exact) mass is 192 g/mol. The molecule has 0 saturated carbocycles. The number of hydrogen-bond donors (Lipinski definition) is 0. The van der Waals surface area contributed by atoms with Gasteiger partial charge in [-0.2, -0.15) is 0 Å². The van der Waals surface area contributed by atoms with Crippen molar-refractivity contribution in [1.82, 2.24) is 0 Å². The summed E-state index contributed by atoms with van der Waals surface area (Å²) in [5.41, 5.74) is 1.63. The molecule has 0 N–H and O–H groups in total. The zero-order valence-corrected chi connectivity index (χ0v) is 10.5. The van der Waals surface area contributed by atoms with Crippen LogP contribution in [0.4, 0.5) is 0 Å². The van der Waals surface area contributed by atoms with Crippen LogP contribution in [-0.2, 0) is 0 Å². The summed E-state index contributed by atoms with van der Waals surface area (Å²) >= 11 is 0. The average Bonchev–Trinajstić information content (AvgIpc) is 2.03. The van der Waals surface area contributed by atoms with E-state index < -0.39 is 0 Å². The first-order valence-corrected chi connectivity index (χ1v) is 5.22. The third-order valence-corrected chi connectivity index (χ3v) is 2.33. The third kappa shape index (κ3) is 4.45. The largest absolute Gasteiger partial charge is 0.102 e. The molecule has 0 aliphatic carbocycles. The van der Waals surface area contributed by atoms with Crippen molar-refractivity contribution in [3.63, 3.8) is 0 Å². The number of rotatable bonds is 3. The van der Waals surface area contributed by atoms with Gasteiger partial charge in [0.25, 0.3) is 0 Å². The molecule has 0 radical (unpaired) electrons. The molecule has 0 heterocycles. The van der Waals surface area contributed by atoms with Gasteiger partial charge in [-0.25, -0.2) is 0 Å². The van der Waals surface area contributed by atoms with E-state index in [4.69, 9.17) is 0 Å². The van der Waals surface area contributed by atoms with Crippen molar-refractivity contribution >= 4 is 0 Å². The Balaban J connectivity index is 4.81. The molecule has 0 fully saturated rings. The van der Waals surface area contributed by atoms with Crippen LogP contribution in [0.15, 0.2) is 36.5 Å². The van der Waals surface area contributed by atoms with Gasteiger partial charge in [0.05, 0.1) is 0 Å². The lowest BCUT2D eigenvalue weighted by Gasteiger charge is -2.22. The number of allylic oxidation sites excluding steroid dienone is 5. The highest BCUT2D eigenvalue weighted by Crippen LogP contribution is 2.29. The van der Waals surface area contributed by atoms with Gasteiger partial charge in [-0.1, -0.05) is 58.9 Å². The predicted octanol–water partition coefficient (Wildman–Crippen LogP) is 4.75. The van der Waals surface area contributed by atoms with Crippen molar-refractivity contribution in [2.45, 2.75) is 41.5 Å². The Labute approximate surface area is 89.4 Å². The summed E-state index contributed by atoms with van der Waals surface area (Å²) in [5, 5.41) is 0. The van der Waals surface area contributed by atoms with Gasteiger partial charge in [0, 0.05) is 5.41 Å². The molecule has 0 bridgehead atoms. The SMILES string of the molecule is C=CC(C)(C)C(/C=C\C(C)(C)C)=C/C. The Morgan fingerprint density at radius 3 is 1.86 bits per heavy atom. The minimum Gasteiger partial charge on any atom is -0.102 e. The zero-order chi connectivity index (χ0) is 11.4. The Kier molecular flexibility index (Phi) is 4.38. The van der Waals surface area contributed by atoms with E-state index in [1.165, 1.54) is 5.57 Å². The quantitative estimate of drug-likeness (QED) is 0.447. The van der Waals surface area contributed by atoms with Crippen LogP contribution < -0.4 is 0 Å². The second-order valence-corrected chi connectivity index (χ2v) is 5.37. The van der Waals surface area contributed by atoms with Crippen molar-refractivity contribution in [1.29, 1.82) is 0 Å². The highest BCUT2D eigenvalue weighted by Gasteiger charge is 2.16. The molecular formula is C14H24. The van der Waals surface area contributed by atoms with Crippen LogP contribution >= 0.6 is 0 Å². The van der Waals surface area contributed by atoms with E-state index in [1.807, 2.05) is 6.08 Å².